The number of aliphatic hydroxyl groups excluding tert-OH is 1. The monoisotopic (exact) mass is 329 g/mol. The fraction of sp³-hybridized carbons (Fsp3) is 0.333. The highest BCUT2D eigenvalue weighted by atomic mass is 19.1. The molecule has 24 heavy (non-hydrogen) atoms. The third-order valence-electron chi connectivity index (χ3n) is 4.45. The van der Waals surface area contributed by atoms with Crippen LogP contribution in [0.25, 0.3) is 0 Å². The van der Waals surface area contributed by atoms with E-state index in [1.165, 1.54) is 12.1 Å². The quantitative estimate of drug-likeness (QED) is 0.883. The normalized spacial score (nSPS) is 18.6. The van der Waals surface area contributed by atoms with Gasteiger partial charge in [-0.2, -0.15) is 0 Å². The summed E-state index contributed by atoms with van der Waals surface area (Å²) in [6, 6.07) is 9.60. The van der Waals surface area contributed by atoms with Crippen molar-refractivity contribution >= 4 is 11.6 Å². The summed E-state index contributed by atoms with van der Waals surface area (Å²) in [4.78, 5) is 17.4. The second-order valence-corrected chi connectivity index (χ2v) is 6.06. The van der Waals surface area contributed by atoms with Crippen LogP contribution < -0.4 is 10.6 Å². The van der Waals surface area contributed by atoms with Crippen LogP contribution in [0.1, 0.15) is 41.4 Å². The van der Waals surface area contributed by atoms with Gasteiger partial charge in [0.15, 0.2) is 0 Å². The lowest BCUT2D eigenvalue weighted by Gasteiger charge is -2.28. The van der Waals surface area contributed by atoms with Crippen LogP contribution in [0.15, 0.2) is 42.6 Å². The molecule has 5 nitrogen and oxygen atoms in total. The number of carbonyl (C=O) groups is 1. The van der Waals surface area contributed by atoms with E-state index >= 15 is 0 Å². The summed E-state index contributed by atoms with van der Waals surface area (Å²) in [6.07, 6.45) is 3.41. The maximum atomic E-state index is 13.0. The largest absolute Gasteiger partial charge is 0.388 e. The molecule has 3 rings (SSSR count). The summed E-state index contributed by atoms with van der Waals surface area (Å²) in [6.45, 7) is 0.850. The number of aliphatic hydroxyl groups is 1. The number of anilines is 1. The molecule has 1 amide bonds. The number of benzene rings is 1. The molecule has 0 spiro atoms. The Morgan fingerprint density at radius 1 is 1.38 bits per heavy atom. The molecule has 6 heteroatoms. The third kappa shape index (κ3) is 3.54. The molecule has 1 aromatic heterocycles. The van der Waals surface area contributed by atoms with Gasteiger partial charge in [-0.05, 0) is 49.1 Å². The fourth-order valence-electron chi connectivity index (χ4n) is 3.23. The van der Waals surface area contributed by atoms with Crippen molar-refractivity contribution in [2.75, 3.05) is 11.4 Å². The smallest absolute Gasteiger partial charge is 0.267 e. The first-order chi connectivity index (χ1) is 11.5. The van der Waals surface area contributed by atoms with Gasteiger partial charge in [0.1, 0.15) is 11.5 Å². The van der Waals surface area contributed by atoms with Crippen LogP contribution in [-0.4, -0.2) is 28.6 Å². The van der Waals surface area contributed by atoms with Crippen molar-refractivity contribution in [3.05, 3.63) is 59.7 Å². The van der Waals surface area contributed by atoms with Crippen molar-refractivity contribution in [3.8, 4) is 0 Å². The summed E-state index contributed by atoms with van der Waals surface area (Å²) >= 11 is 0. The van der Waals surface area contributed by atoms with E-state index in [0.717, 1.165) is 25.1 Å². The van der Waals surface area contributed by atoms with Gasteiger partial charge in [-0.15, -0.1) is 0 Å². The average Bonchev–Trinajstić information content (AvgIpc) is 3.03. The zero-order valence-corrected chi connectivity index (χ0v) is 13.2. The summed E-state index contributed by atoms with van der Waals surface area (Å²) < 4.78 is 13.0. The van der Waals surface area contributed by atoms with Gasteiger partial charge >= 0.3 is 0 Å². The van der Waals surface area contributed by atoms with Gasteiger partial charge in [-0.25, -0.2) is 4.39 Å². The Hall–Kier alpha value is -2.47. The van der Waals surface area contributed by atoms with Gasteiger partial charge in [-0.3, -0.25) is 9.78 Å². The standard InChI is InChI=1S/C18H20FN3O2/c19-13-5-3-12(4-6-13)17(23)11-14-2-1-9-22(14)15-7-8-21-16(10-15)18(20)24/h3-8,10,14,17,23H,1-2,9,11H2,(H2,20,24)/t14-,17-/m0/s1. The van der Waals surface area contributed by atoms with Crippen LogP contribution in [0.3, 0.4) is 0 Å². The molecule has 1 aliphatic heterocycles. The number of carbonyl (C=O) groups excluding carboxylic acids is 1. The predicted molar refractivity (Wildman–Crippen MR) is 89.1 cm³/mol. The summed E-state index contributed by atoms with van der Waals surface area (Å²) in [5.41, 5.74) is 7.11. The van der Waals surface area contributed by atoms with Crippen LogP contribution >= 0.6 is 0 Å². The van der Waals surface area contributed by atoms with E-state index in [-0.39, 0.29) is 17.6 Å². The van der Waals surface area contributed by atoms with Crippen LogP contribution in [0.2, 0.25) is 0 Å². The van der Waals surface area contributed by atoms with E-state index in [1.807, 2.05) is 6.07 Å². The Labute approximate surface area is 139 Å². The zero-order valence-electron chi connectivity index (χ0n) is 13.2. The fourth-order valence-corrected chi connectivity index (χ4v) is 3.23. The highest BCUT2D eigenvalue weighted by Crippen LogP contribution is 2.31. The molecule has 2 atom stereocenters. The van der Waals surface area contributed by atoms with Gasteiger partial charge < -0.3 is 15.7 Å². The Balaban J connectivity index is 1.74. The molecule has 2 aromatic rings. The van der Waals surface area contributed by atoms with Crippen molar-refractivity contribution in [1.82, 2.24) is 4.98 Å². The first kappa shape index (κ1) is 16.4. The number of nitrogens with zero attached hydrogens (tertiary/aromatic N) is 2. The first-order valence-corrected chi connectivity index (χ1v) is 8.00. The third-order valence-corrected chi connectivity index (χ3v) is 4.45. The maximum absolute atomic E-state index is 13.0. The lowest BCUT2D eigenvalue weighted by Crippen LogP contribution is -2.31. The minimum Gasteiger partial charge on any atom is -0.388 e. The number of nitrogens with two attached hydrogens (primary N) is 1. The van der Waals surface area contributed by atoms with E-state index in [1.54, 1.807) is 24.4 Å². The molecule has 0 aliphatic carbocycles. The summed E-state index contributed by atoms with van der Waals surface area (Å²) in [7, 11) is 0. The molecule has 2 heterocycles. The molecule has 1 aliphatic rings. The van der Waals surface area contributed by atoms with Crippen molar-refractivity contribution < 1.29 is 14.3 Å². The van der Waals surface area contributed by atoms with E-state index in [0.29, 0.717) is 12.0 Å². The highest BCUT2D eigenvalue weighted by molar-refractivity contribution is 5.91. The number of amides is 1. The number of primary amides is 1. The number of hydrogen-bond acceptors (Lipinski definition) is 4. The van der Waals surface area contributed by atoms with Gasteiger partial charge in [0.05, 0.1) is 6.10 Å². The Morgan fingerprint density at radius 2 is 2.12 bits per heavy atom. The van der Waals surface area contributed by atoms with Gasteiger partial charge in [0.25, 0.3) is 5.91 Å². The van der Waals surface area contributed by atoms with E-state index in [2.05, 4.69) is 9.88 Å². The number of hydrogen-bond donors (Lipinski definition) is 2. The van der Waals surface area contributed by atoms with Crippen molar-refractivity contribution in [1.29, 1.82) is 0 Å². The Kier molecular flexibility index (Phi) is 4.76. The Bertz CT molecular complexity index is 720. The minimum absolute atomic E-state index is 0.146. The summed E-state index contributed by atoms with van der Waals surface area (Å²) in [5, 5.41) is 10.4. The van der Waals surface area contributed by atoms with Crippen LogP contribution in [0.4, 0.5) is 10.1 Å². The molecule has 0 radical (unpaired) electrons. The van der Waals surface area contributed by atoms with Gasteiger partial charge in [-0.1, -0.05) is 12.1 Å². The predicted octanol–water partition coefficient (Wildman–Crippen LogP) is 2.41. The van der Waals surface area contributed by atoms with Crippen LogP contribution in [0, 0.1) is 5.82 Å². The molecular weight excluding hydrogens is 309 g/mol. The lowest BCUT2D eigenvalue weighted by atomic mass is 10.00. The molecule has 1 saturated heterocycles. The molecule has 1 aromatic carbocycles. The topological polar surface area (TPSA) is 79.5 Å². The number of rotatable bonds is 5. The SMILES string of the molecule is NC(=O)c1cc(N2CCC[C@H]2C[C@H](O)c2ccc(F)cc2)ccn1. The number of halogens is 1. The molecule has 0 unspecified atom stereocenters. The maximum Gasteiger partial charge on any atom is 0.267 e. The van der Waals surface area contributed by atoms with Crippen LogP contribution in [-0.2, 0) is 0 Å². The van der Waals surface area contributed by atoms with Gasteiger partial charge in [0.2, 0.25) is 0 Å². The number of aromatic nitrogens is 1. The molecule has 3 N–H and O–H groups in total. The molecular formula is C18H20FN3O2. The van der Waals surface area contributed by atoms with Crippen LogP contribution in [0.5, 0.6) is 0 Å². The van der Waals surface area contributed by atoms with Crippen molar-refractivity contribution in [2.24, 2.45) is 5.73 Å². The van der Waals surface area contributed by atoms with E-state index < -0.39 is 12.0 Å². The minimum atomic E-state index is -0.659. The zero-order chi connectivity index (χ0) is 17.1. The van der Waals surface area contributed by atoms with Crippen molar-refractivity contribution in [3.63, 3.8) is 0 Å². The van der Waals surface area contributed by atoms with E-state index in [9.17, 15) is 14.3 Å². The lowest BCUT2D eigenvalue weighted by molar-refractivity contribution is 0.0995. The molecule has 0 bridgehead atoms. The second kappa shape index (κ2) is 6.97. The summed E-state index contributed by atoms with van der Waals surface area (Å²) in [5.74, 6) is -0.872. The van der Waals surface area contributed by atoms with E-state index in [4.69, 9.17) is 5.73 Å². The van der Waals surface area contributed by atoms with Crippen molar-refractivity contribution in [2.45, 2.75) is 31.4 Å². The molecule has 1 fully saturated rings. The second-order valence-electron chi connectivity index (χ2n) is 6.06. The molecule has 0 saturated carbocycles. The Morgan fingerprint density at radius 3 is 2.83 bits per heavy atom. The highest BCUT2D eigenvalue weighted by Gasteiger charge is 2.28. The first-order valence-electron chi connectivity index (χ1n) is 8.00. The molecule has 126 valence electrons. The average molecular weight is 329 g/mol. The number of pyridine rings is 1. The van der Waals surface area contributed by atoms with Gasteiger partial charge in [0, 0.05) is 24.5 Å².